The van der Waals surface area contributed by atoms with Crippen LogP contribution in [0.3, 0.4) is 0 Å². The van der Waals surface area contributed by atoms with E-state index in [9.17, 15) is 19.5 Å². The lowest BCUT2D eigenvalue weighted by molar-refractivity contribution is -0.146. The van der Waals surface area contributed by atoms with Crippen LogP contribution < -0.4 is 15.1 Å². The van der Waals surface area contributed by atoms with E-state index in [-0.39, 0.29) is 42.8 Å². The Bertz CT molecular complexity index is 1650. The van der Waals surface area contributed by atoms with Crippen LogP contribution in [0.2, 0.25) is 0 Å². The molecule has 3 amide bonds. The number of carbonyl (C=O) groups is 4. The molecule has 2 aromatic carbocycles. The van der Waals surface area contributed by atoms with Gasteiger partial charge >= 0.3 is 5.97 Å². The van der Waals surface area contributed by atoms with Gasteiger partial charge in [0.1, 0.15) is 18.2 Å². The Morgan fingerprint density at radius 3 is 2.33 bits per heavy atom. The molecule has 0 aromatic heterocycles. The van der Waals surface area contributed by atoms with Crippen molar-refractivity contribution in [1.29, 1.82) is 0 Å². The van der Waals surface area contributed by atoms with Gasteiger partial charge in [0.2, 0.25) is 11.8 Å². The van der Waals surface area contributed by atoms with Gasteiger partial charge in [0.05, 0.1) is 36.6 Å². The number of hydrogen-bond acceptors (Lipinski definition) is 8. The molecule has 0 aliphatic carbocycles. The number of hydrogen-bond donors (Lipinski definition) is 2. The SMILES string of the molecule is C=CCCC(=O)OC[C@@H](NC(=O)[C@@H]1[C@H]2O[C@@]3(CC2Br)[C@H](C(=O)N(CC=C)c2ccc(N(CC)CC)cc2)N([C@@H](CO)CC(C)C)C(=O)[C@@H]13)c1ccccc1. The lowest BCUT2D eigenvalue weighted by Crippen LogP contribution is -2.59. The Morgan fingerprint density at radius 2 is 1.74 bits per heavy atom. The maximum atomic E-state index is 15.2. The fraction of sp³-hybridized carbons (Fsp3) is 0.524. The summed E-state index contributed by atoms with van der Waals surface area (Å²) in [7, 11) is 0. The average Bonchev–Trinajstić information content (AvgIpc) is 3.77. The first-order chi connectivity index (χ1) is 26.0. The minimum atomic E-state index is -1.35. The summed E-state index contributed by atoms with van der Waals surface area (Å²) < 4.78 is 12.4. The van der Waals surface area contributed by atoms with Crippen molar-refractivity contribution >= 4 is 51.0 Å². The number of alkyl halides is 1. The number of aliphatic hydroxyl groups excluding tert-OH is 1. The number of anilines is 2. The fourth-order valence-electron chi connectivity index (χ4n) is 8.53. The smallest absolute Gasteiger partial charge is 0.306 e. The van der Waals surface area contributed by atoms with Gasteiger partial charge in [0, 0.05) is 42.3 Å². The summed E-state index contributed by atoms with van der Waals surface area (Å²) >= 11 is 3.77. The van der Waals surface area contributed by atoms with Gasteiger partial charge in [-0.25, -0.2) is 0 Å². The molecule has 3 aliphatic rings. The maximum Gasteiger partial charge on any atom is 0.306 e. The van der Waals surface area contributed by atoms with Crippen molar-refractivity contribution in [3.05, 3.63) is 85.5 Å². The van der Waals surface area contributed by atoms with Gasteiger partial charge in [-0.15, -0.1) is 13.2 Å². The molecular formula is C42H55BrN4O7. The number of esters is 1. The number of aliphatic hydroxyl groups is 1. The van der Waals surface area contributed by atoms with Crippen molar-refractivity contribution in [2.24, 2.45) is 17.8 Å². The number of benzene rings is 2. The molecule has 1 unspecified atom stereocenters. The van der Waals surface area contributed by atoms with Gasteiger partial charge in [-0.3, -0.25) is 19.2 Å². The topological polar surface area (TPSA) is 129 Å². The van der Waals surface area contributed by atoms with Crippen molar-refractivity contribution in [2.75, 3.05) is 42.6 Å². The molecule has 3 saturated heterocycles. The first-order valence-electron chi connectivity index (χ1n) is 19.1. The van der Waals surface area contributed by atoms with E-state index in [1.165, 1.54) is 4.90 Å². The third kappa shape index (κ3) is 8.16. The zero-order valence-electron chi connectivity index (χ0n) is 31.9. The summed E-state index contributed by atoms with van der Waals surface area (Å²) in [6, 6.07) is 14.5. The lowest BCUT2D eigenvalue weighted by atomic mass is 9.70. The van der Waals surface area contributed by atoms with Crippen LogP contribution in [0.5, 0.6) is 0 Å². The lowest BCUT2D eigenvalue weighted by Gasteiger charge is -2.40. The van der Waals surface area contributed by atoms with E-state index >= 15 is 4.79 Å². The van der Waals surface area contributed by atoms with Gasteiger partial charge in [-0.1, -0.05) is 72.3 Å². The number of ether oxygens (including phenoxy) is 2. The number of halogens is 1. The number of allylic oxidation sites excluding steroid dienone is 1. The zero-order chi connectivity index (χ0) is 39.2. The summed E-state index contributed by atoms with van der Waals surface area (Å²) in [6.07, 6.45) is 3.97. The zero-order valence-corrected chi connectivity index (χ0v) is 33.5. The van der Waals surface area contributed by atoms with Crippen molar-refractivity contribution in [3.8, 4) is 0 Å². The third-order valence-corrected chi connectivity index (χ3v) is 11.8. The van der Waals surface area contributed by atoms with E-state index in [0.717, 1.165) is 24.3 Å². The first-order valence-corrected chi connectivity index (χ1v) is 20.0. The maximum absolute atomic E-state index is 15.2. The van der Waals surface area contributed by atoms with E-state index in [2.05, 4.69) is 53.2 Å². The number of nitrogens with one attached hydrogen (secondary N) is 1. The standard InChI is InChI=1S/C42H55BrN4O7/c1-7-11-17-34(49)53-26-33(28-15-13-12-14-16-28)44-39(50)35-36-40(51)47(31(25-48)23-27(5)6)38(42(36)24-32(43)37(35)54-42)41(52)46(22-8-2)30-20-18-29(19-21-30)45(9-3)10-4/h7-8,12-16,18-21,27,31-33,35-38,48H,1-2,9-11,17,22-26H2,3-6H3,(H,44,50)/t31-,32?,33-,35+,36-,37+,38+,42-/m1/s1. The Morgan fingerprint density at radius 1 is 1.07 bits per heavy atom. The third-order valence-electron chi connectivity index (χ3n) is 11.0. The summed E-state index contributed by atoms with van der Waals surface area (Å²) in [4.78, 5) is 62.1. The number of nitrogens with zero attached hydrogens (tertiary/aromatic N) is 3. The quantitative estimate of drug-likeness (QED) is 0.107. The highest BCUT2D eigenvalue weighted by Crippen LogP contribution is 2.61. The summed E-state index contributed by atoms with van der Waals surface area (Å²) in [5.41, 5.74) is 1.04. The molecule has 3 fully saturated rings. The molecule has 292 valence electrons. The number of amides is 3. The largest absolute Gasteiger partial charge is 0.463 e. The minimum Gasteiger partial charge on any atom is -0.463 e. The molecule has 5 rings (SSSR count). The molecule has 3 aliphatic heterocycles. The Balaban J connectivity index is 1.53. The number of fused-ring (bicyclic) bond motifs is 1. The molecule has 0 radical (unpaired) electrons. The van der Waals surface area contributed by atoms with Crippen molar-refractivity contribution in [3.63, 3.8) is 0 Å². The van der Waals surface area contributed by atoms with Gasteiger partial charge in [0.25, 0.3) is 5.91 Å². The van der Waals surface area contributed by atoms with Crippen LogP contribution in [-0.2, 0) is 28.7 Å². The van der Waals surface area contributed by atoms with Gasteiger partial charge in [-0.05, 0) is 68.9 Å². The number of rotatable bonds is 19. The summed E-state index contributed by atoms with van der Waals surface area (Å²) in [5, 5.41) is 13.9. The second-order valence-electron chi connectivity index (χ2n) is 14.8. The van der Waals surface area contributed by atoms with Crippen LogP contribution in [0.25, 0.3) is 0 Å². The molecule has 2 N–H and O–H groups in total. The van der Waals surface area contributed by atoms with E-state index in [1.807, 2.05) is 68.4 Å². The molecule has 12 heteroatoms. The minimum absolute atomic E-state index is 0.0987. The van der Waals surface area contributed by atoms with Crippen molar-refractivity contribution in [1.82, 2.24) is 10.2 Å². The molecular weight excluding hydrogens is 752 g/mol. The average molecular weight is 808 g/mol. The molecule has 2 bridgehead atoms. The van der Waals surface area contributed by atoms with E-state index in [0.29, 0.717) is 24.9 Å². The summed E-state index contributed by atoms with van der Waals surface area (Å²) in [5.74, 6) is -3.46. The second-order valence-corrected chi connectivity index (χ2v) is 16.0. The molecule has 11 nitrogen and oxygen atoms in total. The Hall–Kier alpha value is -4.00. The highest BCUT2D eigenvalue weighted by atomic mass is 79.9. The van der Waals surface area contributed by atoms with Crippen LogP contribution in [-0.4, -0.2) is 95.2 Å². The normalized spacial score (nSPS) is 25.2. The van der Waals surface area contributed by atoms with Crippen LogP contribution >= 0.6 is 15.9 Å². The van der Waals surface area contributed by atoms with Gasteiger partial charge in [0.15, 0.2) is 0 Å². The predicted octanol–water partition coefficient (Wildman–Crippen LogP) is 5.57. The van der Waals surface area contributed by atoms with Crippen LogP contribution in [0.4, 0.5) is 11.4 Å². The van der Waals surface area contributed by atoms with Crippen molar-refractivity contribution in [2.45, 2.75) is 88.0 Å². The van der Waals surface area contributed by atoms with Crippen LogP contribution in [0.15, 0.2) is 79.9 Å². The van der Waals surface area contributed by atoms with Gasteiger partial charge in [-0.2, -0.15) is 0 Å². The first kappa shape index (κ1) is 41.2. The van der Waals surface area contributed by atoms with E-state index in [1.54, 1.807) is 17.1 Å². The van der Waals surface area contributed by atoms with Crippen LogP contribution in [0.1, 0.15) is 65.0 Å². The van der Waals surface area contributed by atoms with Crippen molar-refractivity contribution < 1.29 is 33.8 Å². The predicted molar refractivity (Wildman–Crippen MR) is 213 cm³/mol. The summed E-state index contributed by atoms with van der Waals surface area (Å²) in [6.45, 7) is 17.1. The highest BCUT2D eigenvalue weighted by Gasteiger charge is 2.77. The molecule has 1 spiro atoms. The van der Waals surface area contributed by atoms with E-state index in [4.69, 9.17) is 9.47 Å². The fourth-order valence-corrected chi connectivity index (χ4v) is 9.48. The number of carbonyl (C=O) groups excluding carboxylic acids is 4. The highest BCUT2D eigenvalue weighted by molar-refractivity contribution is 9.09. The second kappa shape index (κ2) is 18.1. The Kier molecular flexibility index (Phi) is 13.8. The van der Waals surface area contributed by atoms with Gasteiger partial charge < -0.3 is 34.6 Å². The monoisotopic (exact) mass is 806 g/mol. The molecule has 8 atom stereocenters. The van der Waals surface area contributed by atoms with Crippen LogP contribution in [0, 0.1) is 17.8 Å². The molecule has 54 heavy (non-hydrogen) atoms. The molecule has 0 saturated carbocycles. The molecule has 2 aromatic rings. The van der Waals surface area contributed by atoms with E-state index < -0.39 is 59.5 Å². The Labute approximate surface area is 327 Å². The number of likely N-dealkylation sites (tertiary alicyclic amines) is 1. The molecule has 3 heterocycles.